The first-order valence-corrected chi connectivity index (χ1v) is 6.37. The molecule has 0 radical (unpaired) electrons. The Balaban J connectivity index is 2.27. The van der Waals surface area contributed by atoms with Crippen molar-refractivity contribution in [2.75, 3.05) is 0 Å². The minimum Gasteiger partial charge on any atom is -0.477 e. The minimum absolute atomic E-state index is 0.115. The molecule has 3 rings (SSSR count). The highest BCUT2D eigenvalue weighted by Gasteiger charge is 2.17. The van der Waals surface area contributed by atoms with Crippen molar-refractivity contribution in [3.63, 3.8) is 0 Å². The molecule has 0 fully saturated rings. The van der Waals surface area contributed by atoms with Crippen LogP contribution in [-0.4, -0.2) is 30.6 Å². The fourth-order valence-electron chi connectivity index (χ4n) is 2.02. The monoisotopic (exact) mass is 318 g/mol. The van der Waals surface area contributed by atoms with Gasteiger partial charge in [-0.25, -0.2) is 14.3 Å². The van der Waals surface area contributed by atoms with E-state index in [1.54, 1.807) is 6.07 Å². The van der Waals surface area contributed by atoms with Gasteiger partial charge in [-0.2, -0.15) is 5.10 Å². The Morgan fingerprint density at radius 3 is 2.82 bits per heavy atom. The van der Waals surface area contributed by atoms with E-state index >= 15 is 0 Å². The van der Waals surface area contributed by atoms with E-state index in [0.29, 0.717) is 5.56 Å². The average Bonchev–Trinajstić information content (AvgIpc) is 2.88. The van der Waals surface area contributed by atoms with Crippen LogP contribution >= 0.6 is 11.6 Å². The van der Waals surface area contributed by atoms with E-state index in [4.69, 9.17) is 11.6 Å². The lowest BCUT2D eigenvalue weighted by molar-refractivity contribution is -0.384. The Hall–Kier alpha value is -3.00. The molecule has 0 aliphatic heterocycles. The Morgan fingerprint density at radius 2 is 2.14 bits per heavy atom. The summed E-state index contributed by atoms with van der Waals surface area (Å²) < 4.78 is 1.10. The second kappa shape index (κ2) is 5.08. The highest BCUT2D eigenvalue weighted by molar-refractivity contribution is 6.33. The fourth-order valence-corrected chi connectivity index (χ4v) is 2.18. The molecule has 9 heteroatoms. The molecule has 0 aliphatic carbocycles. The van der Waals surface area contributed by atoms with Crippen molar-refractivity contribution in [1.82, 2.24) is 14.6 Å². The largest absolute Gasteiger partial charge is 0.477 e. The maximum absolute atomic E-state index is 11.3. The van der Waals surface area contributed by atoms with Gasteiger partial charge in [0.25, 0.3) is 5.69 Å². The number of benzene rings is 1. The van der Waals surface area contributed by atoms with Gasteiger partial charge in [0, 0.05) is 17.7 Å². The normalized spacial score (nSPS) is 10.8. The average molecular weight is 319 g/mol. The van der Waals surface area contributed by atoms with Crippen LogP contribution in [-0.2, 0) is 0 Å². The third-order valence-corrected chi connectivity index (χ3v) is 3.27. The fraction of sp³-hybridized carbons (Fsp3) is 0. The van der Waals surface area contributed by atoms with E-state index in [1.165, 1.54) is 30.5 Å². The van der Waals surface area contributed by atoms with Gasteiger partial charge in [-0.1, -0.05) is 23.7 Å². The molecule has 0 bridgehead atoms. The SMILES string of the molecule is O=C(O)c1cc(-c2cccc([N+](=O)[O-])c2)nc2c(Cl)cnn12. The van der Waals surface area contributed by atoms with Crippen LogP contribution in [0.3, 0.4) is 0 Å². The Labute approximate surface area is 127 Å². The number of hydrogen-bond acceptors (Lipinski definition) is 5. The zero-order valence-corrected chi connectivity index (χ0v) is 11.6. The van der Waals surface area contributed by atoms with Crippen LogP contribution in [0.1, 0.15) is 10.5 Å². The predicted molar refractivity (Wildman–Crippen MR) is 77.0 cm³/mol. The topological polar surface area (TPSA) is 111 Å². The summed E-state index contributed by atoms with van der Waals surface area (Å²) in [5, 5.41) is 24.1. The number of rotatable bonds is 3. The van der Waals surface area contributed by atoms with E-state index in [-0.39, 0.29) is 27.7 Å². The summed E-state index contributed by atoms with van der Waals surface area (Å²) in [7, 11) is 0. The van der Waals surface area contributed by atoms with Gasteiger partial charge in [0.15, 0.2) is 11.3 Å². The van der Waals surface area contributed by atoms with E-state index in [1.807, 2.05) is 0 Å². The number of carbonyl (C=O) groups is 1. The number of hydrogen-bond donors (Lipinski definition) is 1. The first-order valence-electron chi connectivity index (χ1n) is 6.00. The molecule has 22 heavy (non-hydrogen) atoms. The molecule has 0 saturated carbocycles. The van der Waals surface area contributed by atoms with Crippen molar-refractivity contribution in [2.45, 2.75) is 0 Å². The van der Waals surface area contributed by atoms with Crippen LogP contribution in [0.5, 0.6) is 0 Å². The number of nitrogens with zero attached hydrogens (tertiary/aromatic N) is 4. The standard InChI is InChI=1S/C13H7ClN4O4/c14-9-6-15-17-11(13(19)20)5-10(16-12(9)17)7-2-1-3-8(4-7)18(21)22/h1-6H,(H,19,20). The molecule has 0 atom stereocenters. The lowest BCUT2D eigenvalue weighted by Crippen LogP contribution is -2.08. The van der Waals surface area contributed by atoms with E-state index < -0.39 is 10.9 Å². The van der Waals surface area contributed by atoms with Crippen LogP contribution in [0.2, 0.25) is 5.02 Å². The first-order chi connectivity index (χ1) is 10.5. The zero-order chi connectivity index (χ0) is 15.9. The molecule has 2 aromatic heterocycles. The van der Waals surface area contributed by atoms with E-state index in [9.17, 15) is 20.0 Å². The summed E-state index contributed by atoms with van der Waals surface area (Å²) in [4.78, 5) is 25.9. The van der Waals surface area contributed by atoms with Gasteiger partial charge < -0.3 is 5.11 Å². The molecule has 0 saturated heterocycles. The summed E-state index contributed by atoms with van der Waals surface area (Å²) in [6.45, 7) is 0. The van der Waals surface area contributed by atoms with Crippen LogP contribution in [0.25, 0.3) is 16.9 Å². The van der Waals surface area contributed by atoms with Gasteiger partial charge in [-0.15, -0.1) is 0 Å². The minimum atomic E-state index is -1.21. The van der Waals surface area contributed by atoms with Gasteiger partial charge in [0.05, 0.1) is 16.8 Å². The van der Waals surface area contributed by atoms with Crippen molar-refractivity contribution >= 4 is 28.9 Å². The van der Waals surface area contributed by atoms with Crippen molar-refractivity contribution in [1.29, 1.82) is 0 Å². The second-order valence-electron chi connectivity index (χ2n) is 4.37. The van der Waals surface area contributed by atoms with Crippen molar-refractivity contribution in [2.24, 2.45) is 0 Å². The molecular weight excluding hydrogens is 312 g/mol. The summed E-state index contributed by atoms with van der Waals surface area (Å²) in [6.07, 6.45) is 1.29. The number of nitro benzene ring substituents is 1. The quantitative estimate of drug-likeness (QED) is 0.587. The van der Waals surface area contributed by atoms with Gasteiger partial charge in [0.1, 0.15) is 5.02 Å². The summed E-state index contributed by atoms with van der Waals surface area (Å²) in [5.41, 5.74) is 0.588. The van der Waals surface area contributed by atoms with Gasteiger partial charge >= 0.3 is 5.97 Å². The summed E-state index contributed by atoms with van der Waals surface area (Å²) >= 11 is 5.94. The van der Waals surface area contributed by atoms with E-state index in [0.717, 1.165) is 4.52 Å². The molecular formula is C13H7ClN4O4. The van der Waals surface area contributed by atoms with Gasteiger partial charge in [-0.3, -0.25) is 10.1 Å². The molecule has 0 amide bonds. The molecule has 1 aromatic carbocycles. The number of aromatic carboxylic acids is 1. The van der Waals surface area contributed by atoms with Gasteiger partial charge in [-0.05, 0) is 6.07 Å². The van der Waals surface area contributed by atoms with Crippen molar-refractivity contribution in [3.8, 4) is 11.3 Å². The molecule has 3 aromatic rings. The summed E-state index contributed by atoms with van der Waals surface area (Å²) in [5.74, 6) is -1.21. The number of carboxylic acid groups (broad SMARTS) is 1. The second-order valence-corrected chi connectivity index (χ2v) is 4.77. The number of nitro groups is 1. The highest BCUT2D eigenvalue weighted by atomic mass is 35.5. The lowest BCUT2D eigenvalue weighted by atomic mass is 10.1. The Morgan fingerprint density at radius 1 is 1.36 bits per heavy atom. The van der Waals surface area contributed by atoms with Crippen LogP contribution in [0.15, 0.2) is 36.5 Å². The zero-order valence-electron chi connectivity index (χ0n) is 10.8. The van der Waals surface area contributed by atoms with Crippen LogP contribution in [0.4, 0.5) is 5.69 Å². The Bertz CT molecular complexity index is 922. The molecule has 1 N–H and O–H groups in total. The van der Waals surface area contributed by atoms with Crippen molar-refractivity contribution in [3.05, 3.63) is 57.4 Å². The summed E-state index contributed by atoms with van der Waals surface area (Å²) in [6, 6.07) is 7.04. The molecule has 2 heterocycles. The third-order valence-electron chi connectivity index (χ3n) is 3.00. The number of aromatic nitrogens is 3. The molecule has 110 valence electrons. The maximum Gasteiger partial charge on any atom is 0.354 e. The first kappa shape index (κ1) is 14.0. The maximum atomic E-state index is 11.3. The molecule has 0 aliphatic rings. The highest BCUT2D eigenvalue weighted by Crippen LogP contribution is 2.26. The molecule has 0 unspecified atom stereocenters. The lowest BCUT2D eigenvalue weighted by Gasteiger charge is -2.05. The predicted octanol–water partition coefficient (Wildman–Crippen LogP) is 2.66. The van der Waals surface area contributed by atoms with Crippen LogP contribution < -0.4 is 0 Å². The third kappa shape index (κ3) is 2.25. The number of non-ortho nitro benzene ring substituents is 1. The van der Waals surface area contributed by atoms with Gasteiger partial charge in [0.2, 0.25) is 0 Å². The number of halogens is 1. The molecule has 8 nitrogen and oxygen atoms in total. The van der Waals surface area contributed by atoms with E-state index in [2.05, 4.69) is 10.1 Å². The number of fused-ring (bicyclic) bond motifs is 1. The van der Waals surface area contributed by atoms with Crippen molar-refractivity contribution < 1.29 is 14.8 Å². The molecule has 0 spiro atoms. The smallest absolute Gasteiger partial charge is 0.354 e. The Kier molecular flexibility index (Phi) is 3.22. The number of carboxylic acids is 1. The van der Waals surface area contributed by atoms with Crippen LogP contribution in [0, 0.1) is 10.1 Å².